The van der Waals surface area contributed by atoms with Gasteiger partial charge in [-0.1, -0.05) is 34.4 Å². The summed E-state index contributed by atoms with van der Waals surface area (Å²) < 4.78 is 10.6. The van der Waals surface area contributed by atoms with Gasteiger partial charge in [-0.25, -0.2) is 0 Å². The Bertz CT molecular complexity index is 896. The van der Waals surface area contributed by atoms with Crippen LogP contribution in [0.1, 0.15) is 10.4 Å². The first kappa shape index (κ1) is 16.3. The molecule has 0 aliphatic rings. The van der Waals surface area contributed by atoms with Crippen LogP contribution in [0.3, 0.4) is 0 Å². The molecule has 0 bridgehead atoms. The molecule has 2 aromatic carbocycles. The van der Waals surface area contributed by atoms with Crippen molar-refractivity contribution in [1.29, 1.82) is 0 Å². The van der Waals surface area contributed by atoms with Gasteiger partial charge >= 0.3 is 6.01 Å². The number of carbonyl (C=O) groups excluding carboxylic acids is 1. The molecule has 1 amide bonds. The third kappa shape index (κ3) is 3.50. The normalized spacial score (nSPS) is 10.5. The average Bonchev–Trinajstić information content (AvgIpc) is 3.05. The van der Waals surface area contributed by atoms with Gasteiger partial charge in [0.05, 0.1) is 17.7 Å². The highest BCUT2D eigenvalue weighted by atomic mass is 35.5. The molecule has 1 N–H and O–H groups in total. The number of carbonyl (C=O) groups is 1. The van der Waals surface area contributed by atoms with Crippen LogP contribution < -0.4 is 10.1 Å². The molecule has 3 rings (SSSR count). The van der Waals surface area contributed by atoms with Gasteiger partial charge in [0.2, 0.25) is 5.89 Å². The quantitative estimate of drug-likeness (QED) is 0.747. The molecule has 0 spiro atoms. The number of hydrogen-bond donors (Lipinski definition) is 1. The average molecular weight is 364 g/mol. The van der Waals surface area contributed by atoms with E-state index in [0.29, 0.717) is 16.3 Å². The van der Waals surface area contributed by atoms with Crippen molar-refractivity contribution in [2.24, 2.45) is 0 Å². The summed E-state index contributed by atoms with van der Waals surface area (Å²) in [5.74, 6) is 0.409. The molecule has 0 unspecified atom stereocenters. The van der Waals surface area contributed by atoms with Gasteiger partial charge in [0.25, 0.3) is 5.91 Å². The van der Waals surface area contributed by atoms with E-state index in [1.807, 2.05) is 0 Å². The summed E-state index contributed by atoms with van der Waals surface area (Å²) in [4.78, 5) is 12.2. The van der Waals surface area contributed by atoms with Crippen molar-refractivity contribution in [3.05, 3.63) is 58.1 Å². The molecule has 8 heteroatoms. The van der Waals surface area contributed by atoms with Gasteiger partial charge < -0.3 is 9.15 Å². The second kappa shape index (κ2) is 6.90. The summed E-state index contributed by atoms with van der Waals surface area (Å²) in [6.45, 7) is 0. The largest absolute Gasteiger partial charge is 0.497 e. The fraction of sp³-hybridized carbons (Fsp3) is 0.0625. The lowest BCUT2D eigenvalue weighted by Gasteiger charge is -2.03. The van der Waals surface area contributed by atoms with Crippen molar-refractivity contribution in [2.75, 3.05) is 12.4 Å². The van der Waals surface area contributed by atoms with Gasteiger partial charge in [-0.3, -0.25) is 10.1 Å². The molecule has 1 heterocycles. The summed E-state index contributed by atoms with van der Waals surface area (Å²) in [5.41, 5.74) is 0.883. The summed E-state index contributed by atoms with van der Waals surface area (Å²) in [6.07, 6.45) is 0. The van der Waals surface area contributed by atoms with E-state index in [-0.39, 0.29) is 22.5 Å². The van der Waals surface area contributed by atoms with E-state index in [1.54, 1.807) is 37.4 Å². The van der Waals surface area contributed by atoms with Crippen LogP contribution in [-0.4, -0.2) is 23.2 Å². The number of methoxy groups -OCH3 is 1. The Balaban J connectivity index is 1.81. The van der Waals surface area contributed by atoms with E-state index < -0.39 is 5.91 Å². The molecule has 3 aromatic rings. The second-order valence-corrected chi connectivity index (χ2v) is 5.57. The van der Waals surface area contributed by atoms with E-state index in [2.05, 4.69) is 15.5 Å². The number of anilines is 1. The van der Waals surface area contributed by atoms with E-state index in [4.69, 9.17) is 32.4 Å². The van der Waals surface area contributed by atoms with E-state index in [0.717, 1.165) is 0 Å². The number of rotatable bonds is 4. The summed E-state index contributed by atoms with van der Waals surface area (Å²) in [7, 11) is 1.56. The number of amides is 1. The zero-order chi connectivity index (χ0) is 17.1. The molecule has 0 aliphatic heterocycles. The van der Waals surface area contributed by atoms with Crippen LogP contribution in [0.25, 0.3) is 11.5 Å². The minimum atomic E-state index is -0.497. The lowest BCUT2D eigenvalue weighted by atomic mass is 10.2. The lowest BCUT2D eigenvalue weighted by molar-refractivity contribution is 0.102. The fourth-order valence-corrected chi connectivity index (χ4v) is 2.36. The highest BCUT2D eigenvalue weighted by Gasteiger charge is 2.15. The summed E-state index contributed by atoms with van der Waals surface area (Å²) in [5, 5.41) is 10.9. The first-order chi connectivity index (χ1) is 11.6. The Morgan fingerprint density at radius 2 is 2.00 bits per heavy atom. The Kier molecular flexibility index (Phi) is 4.69. The maximum absolute atomic E-state index is 12.2. The number of ether oxygens (including phenoxy) is 1. The number of aromatic nitrogens is 2. The second-order valence-electron chi connectivity index (χ2n) is 4.72. The zero-order valence-electron chi connectivity index (χ0n) is 12.4. The molecule has 0 saturated heterocycles. The fourth-order valence-electron chi connectivity index (χ4n) is 1.98. The standard InChI is InChI=1S/C16H11Cl2N3O3/c1-23-11-4-2-3-9(7-11)15-20-21-16(24-15)19-14(22)12-8-10(17)5-6-13(12)18/h2-8H,1H3,(H,19,21,22). The minimum absolute atomic E-state index is 0.0473. The molecule has 24 heavy (non-hydrogen) atoms. The Morgan fingerprint density at radius 1 is 1.17 bits per heavy atom. The molecule has 6 nitrogen and oxygen atoms in total. The molecule has 122 valence electrons. The van der Waals surface area contributed by atoms with Gasteiger partial charge in [-0.15, -0.1) is 5.10 Å². The number of halogens is 2. The maximum atomic E-state index is 12.2. The van der Waals surface area contributed by atoms with Crippen molar-refractivity contribution in [1.82, 2.24) is 10.2 Å². The molecule has 0 radical (unpaired) electrons. The van der Waals surface area contributed by atoms with Crippen LogP contribution in [0.2, 0.25) is 10.0 Å². The van der Waals surface area contributed by atoms with Crippen LogP contribution in [0.5, 0.6) is 5.75 Å². The molecule has 0 aliphatic carbocycles. The number of nitrogens with one attached hydrogen (secondary N) is 1. The van der Waals surface area contributed by atoms with E-state index >= 15 is 0 Å². The molecular formula is C16H11Cl2N3O3. The van der Waals surface area contributed by atoms with Crippen molar-refractivity contribution >= 4 is 35.1 Å². The smallest absolute Gasteiger partial charge is 0.322 e. The van der Waals surface area contributed by atoms with Crippen LogP contribution in [0, 0.1) is 0 Å². The predicted octanol–water partition coefficient (Wildman–Crippen LogP) is 4.30. The third-order valence-corrected chi connectivity index (χ3v) is 3.70. The monoisotopic (exact) mass is 363 g/mol. The number of benzene rings is 2. The van der Waals surface area contributed by atoms with E-state index in [1.165, 1.54) is 12.1 Å². The molecule has 0 saturated carbocycles. The van der Waals surface area contributed by atoms with Gasteiger partial charge in [0, 0.05) is 10.6 Å². The third-order valence-electron chi connectivity index (χ3n) is 3.14. The summed E-state index contributed by atoms with van der Waals surface area (Å²) in [6, 6.07) is 11.7. The van der Waals surface area contributed by atoms with Crippen LogP contribution in [0.15, 0.2) is 46.9 Å². The number of hydrogen-bond acceptors (Lipinski definition) is 5. The first-order valence-corrected chi connectivity index (χ1v) is 7.57. The highest BCUT2D eigenvalue weighted by Crippen LogP contribution is 2.25. The van der Waals surface area contributed by atoms with Crippen LogP contribution in [0.4, 0.5) is 6.01 Å². The lowest BCUT2D eigenvalue weighted by Crippen LogP contribution is -2.12. The van der Waals surface area contributed by atoms with Crippen LogP contribution in [-0.2, 0) is 0 Å². The molecule has 1 aromatic heterocycles. The minimum Gasteiger partial charge on any atom is -0.497 e. The Labute approximate surface area is 147 Å². The SMILES string of the molecule is COc1cccc(-c2nnc(NC(=O)c3cc(Cl)ccc3Cl)o2)c1. The van der Waals surface area contributed by atoms with Crippen molar-refractivity contribution in [3.8, 4) is 17.2 Å². The predicted molar refractivity (Wildman–Crippen MR) is 90.7 cm³/mol. The van der Waals surface area contributed by atoms with Crippen molar-refractivity contribution < 1.29 is 13.9 Å². The van der Waals surface area contributed by atoms with Gasteiger partial charge in [0.1, 0.15) is 5.75 Å². The van der Waals surface area contributed by atoms with Crippen LogP contribution >= 0.6 is 23.2 Å². The van der Waals surface area contributed by atoms with Crippen molar-refractivity contribution in [3.63, 3.8) is 0 Å². The maximum Gasteiger partial charge on any atom is 0.322 e. The number of nitrogens with zero attached hydrogens (tertiary/aromatic N) is 2. The van der Waals surface area contributed by atoms with Crippen molar-refractivity contribution in [2.45, 2.75) is 0 Å². The molecular weight excluding hydrogens is 353 g/mol. The Morgan fingerprint density at radius 3 is 2.79 bits per heavy atom. The molecule has 0 fully saturated rings. The Hall–Kier alpha value is -2.57. The van der Waals surface area contributed by atoms with Gasteiger partial charge in [0.15, 0.2) is 0 Å². The first-order valence-electron chi connectivity index (χ1n) is 6.81. The van der Waals surface area contributed by atoms with E-state index in [9.17, 15) is 4.79 Å². The summed E-state index contributed by atoms with van der Waals surface area (Å²) >= 11 is 11.9. The van der Waals surface area contributed by atoms with Gasteiger partial charge in [-0.05, 0) is 36.4 Å². The topological polar surface area (TPSA) is 77.3 Å². The zero-order valence-corrected chi connectivity index (χ0v) is 13.9. The molecule has 0 atom stereocenters. The van der Waals surface area contributed by atoms with Gasteiger partial charge in [-0.2, -0.15) is 0 Å². The highest BCUT2D eigenvalue weighted by molar-refractivity contribution is 6.36.